The molecule has 0 spiro atoms. The predicted octanol–water partition coefficient (Wildman–Crippen LogP) is 7.82. The molecule has 0 radical (unpaired) electrons. The summed E-state index contributed by atoms with van der Waals surface area (Å²) < 4.78 is 6.23. The van der Waals surface area contributed by atoms with E-state index in [0.29, 0.717) is 6.61 Å². The quantitative estimate of drug-likeness (QED) is 0.319. The first-order valence-corrected chi connectivity index (χ1v) is 15.6. The summed E-state index contributed by atoms with van der Waals surface area (Å²) >= 11 is 0. The molecule has 4 heteroatoms. The molecule has 0 bridgehead atoms. The van der Waals surface area contributed by atoms with Crippen LogP contribution in [0.25, 0.3) is 0 Å². The normalized spacial score (nSPS) is 26.7. The minimum absolute atomic E-state index is 0.0840. The standard InChI is InChI=1S/C37H43NO3/c1-35-21-12-22-36(2,33(39)38-34(40)37(23-10-5-11-24-37)29-15-8-4-9-16-29)32(35)20-18-28-17-19-30(25-31(28)35)41-26-27-13-6-3-7-14-27/h3-4,6-9,13-17,19,25,32H,5,10-12,18,20-24,26H2,1-2H3,(H,38,39,40)/t32-,35-,36-/m1/s1. The lowest BCUT2D eigenvalue weighted by atomic mass is 9.49. The molecule has 1 N–H and O–H groups in total. The van der Waals surface area contributed by atoms with Crippen molar-refractivity contribution in [2.45, 2.75) is 95.5 Å². The first-order valence-electron chi connectivity index (χ1n) is 15.6. The van der Waals surface area contributed by atoms with Crippen molar-refractivity contribution in [3.05, 3.63) is 101 Å². The molecule has 0 heterocycles. The Kier molecular flexibility index (Phi) is 7.52. The fourth-order valence-electron chi connectivity index (χ4n) is 8.47. The van der Waals surface area contributed by atoms with Gasteiger partial charge in [-0.25, -0.2) is 0 Å². The topological polar surface area (TPSA) is 55.4 Å². The van der Waals surface area contributed by atoms with Crippen molar-refractivity contribution in [2.24, 2.45) is 11.3 Å². The van der Waals surface area contributed by atoms with Gasteiger partial charge in [-0.1, -0.05) is 106 Å². The molecule has 3 aromatic carbocycles. The average Bonchev–Trinajstić information content (AvgIpc) is 3.01. The molecule has 214 valence electrons. The number of carbonyl (C=O) groups is 2. The Bertz CT molecular complexity index is 1390. The van der Waals surface area contributed by atoms with Gasteiger partial charge in [-0.15, -0.1) is 0 Å². The molecule has 3 aliphatic rings. The maximum atomic E-state index is 14.2. The Morgan fingerprint density at radius 2 is 1.51 bits per heavy atom. The summed E-state index contributed by atoms with van der Waals surface area (Å²) in [6.07, 6.45) is 9.48. The molecule has 2 amide bonds. The predicted molar refractivity (Wildman–Crippen MR) is 163 cm³/mol. The van der Waals surface area contributed by atoms with E-state index < -0.39 is 10.8 Å². The summed E-state index contributed by atoms with van der Waals surface area (Å²) in [6, 6.07) is 26.9. The number of hydrogen-bond donors (Lipinski definition) is 1. The number of amides is 2. The SMILES string of the molecule is C[C@@]1(C(=O)NC(=O)C2(c3ccccc3)CCCCC2)CCC[C@]2(C)c3cc(OCc4ccccc4)ccc3CC[C@@H]12. The van der Waals surface area contributed by atoms with Gasteiger partial charge in [0.25, 0.3) is 0 Å². The van der Waals surface area contributed by atoms with E-state index >= 15 is 0 Å². The van der Waals surface area contributed by atoms with Crippen molar-refractivity contribution in [2.75, 3.05) is 0 Å². The minimum Gasteiger partial charge on any atom is -0.489 e. The molecule has 4 nitrogen and oxygen atoms in total. The van der Waals surface area contributed by atoms with E-state index in [-0.39, 0.29) is 23.1 Å². The zero-order valence-electron chi connectivity index (χ0n) is 24.6. The lowest BCUT2D eigenvalue weighted by Gasteiger charge is -2.54. The highest BCUT2D eigenvalue weighted by Gasteiger charge is 2.56. The van der Waals surface area contributed by atoms with Crippen LogP contribution in [0.4, 0.5) is 0 Å². The van der Waals surface area contributed by atoms with Gasteiger partial charge in [-0.05, 0) is 84.2 Å². The van der Waals surface area contributed by atoms with Crippen molar-refractivity contribution in [1.82, 2.24) is 5.32 Å². The van der Waals surface area contributed by atoms with Crippen molar-refractivity contribution in [3.63, 3.8) is 0 Å². The monoisotopic (exact) mass is 549 g/mol. The summed E-state index contributed by atoms with van der Waals surface area (Å²) in [4.78, 5) is 28.3. The highest BCUT2D eigenvalue weighted by atomic mass is 16.5. The third kappa shape index (κ3) is 5.00. The fraction of sp³-hybridized carbons (Fsp3) is 0.459. The highest BCUT2D eigenvalue weighted by Crippen LogP contribution is 2.58. The maximum absolute atomic E-state index is 14.2. The molecule has 3 atom stereocenters. The molecular formula is C37H43NO3. The van der Waals surface area contributed by atoms with E-state index in [9.17, 15) is 9.59 Å². The number of benzene rings is 3. The molecule has 3 aromatic rings. The van der Waals surface area contributed by atoms with Gasteiger partial charge in [0.15, 0.2) is 0 Å². The van der Waals surface area contributed by atoms with Gasteiger partial charge in [0, 0.05) is 0 Å². The van der Waals surface area contributed by atoms with Gasteiger partial charge >= 0.3 is 0 Å². The summed E-state index contributed by atoms with van der Waals surface area (Å²) in [7, 11) is 0. The molecule has 0 aliphatic heterocycles. The lowest BCUT2D eigenvalue weighted by molar-refractivity contribution is -0.145. The van der Waals surface area contributed by atoms with E-state index in [1.54, 1.807) is 0 Å². The highest BCUT2D eigenvalue weighted by molar-refractivity contribution is 6.03. The Labute approximate surface area is 244 Å². The number of imide groups is 1. The van der Waals surface area contributed by atoms with Crippen molar-refractivity contribution >= 4 is 11.8 Å². The Hall–Kier alpha value is -3.40. The van der Waals surface area contributed by atoms with Gasteiger partial charge in [-0.2, -0.15) is 0 Å². The van der Waals surface area contributed by atoms with E-state index in [1.807, 2.05) is 36.4 Å². The second kappa shape index (κ2) is 11.1. The molecule has 3 aliphatic carbocycles. The minimum atomic E-state index is -0.617. The molecule has 2 saturated carbocycles. The molecule has 0 unspecified atom stereocenters. The molecular weight excluding hydrogens is 506 g/mol. The molecule has 6 rings (SSSR count). The summed E-state index contributed by atoms with van der Waals surface area (Å²) in [5.74, 6) is 0.852. The van der Waals surface area contributed by atoms with E-state index in [0.717, 1.165) is 81.1 Å². The lowest BCUT2D eigenvalue weighted by Crippen LogP contribution is -2.58. The van der Waals surface area contributed by atoms with E-state index in [4.69, 9.17) is 4.74 Å². The van der Waals surface area contributed by atoms with Crippen molar-refractivity contribution in [3.8, 4) is 5.75 Å². The van der Waals surface area contributed by atoms with Crippen LogP contribution in [0.1, 0.15) is 93.9 Å². The number of ether oxygens (including phenoxy) is 1. The fourth-order valence-corrected chi connectivity index (χ4v) is 8.47. The molecule has 41 heavy (non-hydrogen) atoms. The third-order valence-electron chi connectivity index (χ3n) is 10.8. The van der Waals surface area contributed by atoms with Gasteiger partial charge in [0.1, 0.15) is 12.4 Å². The van der Waals surface area contributed by atoms with Gasteiger partial charge in [0.2, 0.25) is 11.8 Å². The number of aryl methyl sites for hydroxylation is 1. The van der Waals surface area contributed by atoms with Gasteiger partial charge < -0.3 is 4.74 Å². The van der Waals surface area contributed by atoms with Crippen LogP contribution < -0.4 is 10.1 Å². The summed E-state index contributed by atoms with van der Waals surface area (Å²) in [6.45, 7) is 5.00. The van der Waals surface area contributed by atoms with Crippen LogP contribution in [0.15, 0.2) is 78.9 Å². The second-order valence-corrected chi connectivity index (χ2v) is 13.2. The van der Waals surface area contributed by atoms with Gasteiger partial charge in [-0.3, -0.25) is 14.9 Å². The number of carbonyl (C=O) groups excluding carboxylic acids is 2. The van der Waals surface area contributed by atoms with E-state index in [2.05, 4.69) is 61.6 Å². The van der Waals surface area contributed by atoms with E-state index in [1.165, 1.54) is 11.1 Å². The number of rotatable bonds is 6. The largest absolute Gasteiger partial charge is 0.489 e. The molecule has 0 saturated heterocycles. The van der Waals surface area contributed by atoms with Crippen LogP contribution >= 0.6 is 0 Å². The van der Waals surface area contributed by atoms with Crippen molar-refractivity contribution < 1.29 is 14.3 Å². The molecule has 2 fully saturated rings. The van der Waals surface area contributed by atoms with Crippen LogP contribution in [0.2, 0.25) is 0 Å². The summed E-state index contributed by atoms with van der Waals surface area (Å²) in [5.41, 5.74) is 3.50. The number of nitrogens with one attached hydrogen (secondary N) is 1. The van der Waals surface area contributed by atoms with Crippen LogP contribution in [0, 0.1) is 11.3 Å². The number of hydrogen-bond acceptors (Lipinski definition) is 3. The van der Waals surface area contributed by atoms with Crippen molar-refractivity contribution in [1.29, 1.82) is 0 Å². The molecule has 0 aromatic heterocycles. The summed E-state index contributed by atoms with van der Waals surface area (Å²) in [5, 5.41) is 3.02. The Morgan fingerprint density at radius 1 is 0.805 bits per heavy atom. The van der Waals surface area contributed by atoms with Crippen LogP contribution in [-0.4, -0.2) is 11.8 Å². The Morgan fingerprint density at radius 3 is 2.24 bits per heavy atom. The zero-order chi connectivity index (χ0) is 28.5. The van der Waals surface area contributed by atoms with Crippen LogP contribution in [0.3, 0.4) is 0 Å². The Balaban J connectivity index is 1.25. The zero-order valence-corrected chi connectivity index (χ0v) is 24.6. The van der Waals surface area contributed by atoms with Crippen LogP contribution in [0.5, 0.6) is 5.75 Å². The smallest absolute Gasteiger partial charge is 0.237 e. The first-order chi connectivity index (χ1) is 19.8. The number of fused-ring (bicyclic) bond motifs is 3. The maximum Gasteiger partial charge on any atom is 0.237 e. The third-order valence-corrected chi connectivity index (χ3v) is 10.8. The average molecular weight is 550 g/mol. The first kappa shape index (κ1) is 27.8. The second-order valence-electron chi connectivity index (χ2n) is 13.2. The van der Waals surface area contributed by atoms with Crippen LogP contribution in [-0.2, 0) is 33.4 Å². The van der Waals surface area contributed by atoms with Gasteiger partial charge in [0.05, 0.1) is 10.8 Å².